The molecule has 0 radical (unpaired) electrons. The zero-order chi connectivity index (χ0) is 21.1. The van der Waals surface area contributed by atoms with E-state index in [0.717, 1.165) is 21.8 Å². The first-order chi connectivity index (χ1) is 14.5. The van der Waals surface area contributed by atoms with Crippen molar-refractivity contribution in [1.82, 2.24) is 4.98 Å². The summed E-state index contributed by atoms with van der Waals surface area (Å²) >= 11 is 1.56. The summed E-state index contributed by atoms with van der Waals surface area (Å²) in [7, 11) is 0. The maximum absolute atomic E-state index is 13.1. The average Bonchev–Trinajstić information content (AvgIpc) is 3.20. The number of nitrogens with one attached hydrogen (secondary N) is 1. The summed E-state index contributed by atoms with van der Waals surface area (Å²) in [6.07, 6.45) is 0. The van der Waals surface area contributed by atoms with Crippen LogP contribution in [0.2, 0.25) is 0 Å². The molecule has 1 amide bonds. The van der Waals surface area contributed by atoms with Crippen LogP contribution in [0.5, 0.6) is 0 Å². The molecule has 148 valence electrons. The predicted octanol–water partition coefficient (Wildman–Crippen LogP) is 5.91. The highest BCUT2D eigenvalue weighted by Crippen LogP contribution is 2.29. The molecule has 5 heteroatoms. The smallest absolute Gasteiger partial charge is 0.256 e. The summed E-state index contributed by atoms with van der Waals surface area (Å²) in [5, 5.41) is 5.89. The number of nitrogens with zero attached hydrogens (tertiary/aromatic N) is 1. The first-order valence-electron chi connectivity index (χ1n) is 9.56. The Morgan fingerprint density at radius 2 is 1.50 bits per heavy atom. The zero-order valence-corrected chi connectivity index (χ0v) is 17.5. The molecule has 0 saturated carbocycles. The Hall–Kier alpha value is -3.57. The van der Waals surface area contributed by atoms with Gasteiger partial charge in [0.05, 0.1) is 22.0 Å². The van der Waals surface area contributed by atoms with Crippen LogP contribution in [0, 0.1) is 13.8 Å². The van der Waals surface area contributed by atoms with Crippen LogP contribution in [-0.2, 0) is 0 Å². The van der Waals surface area contributed by atoms with E-state index < -0.39 is 0 Å². The maximum atomic E-state index is 13.1. The molecule has 0 aliphatic heterocycles. The molecule has 4 nitrogen and oxygen atoms in total. The quantitative estimate of drug-likeness (QED) is 0.415. The highest BCUT2D eigenvalue weighted by atomic mass is 32.1. The lowest BCUT2D eigenvalue weighted by Gasteiger charge is -2.12. The minimum atomic E-state index is -0.328. The predicted molar refractivity (Wildman–Crippen MR) is 121 cm³/mol. The average molecular weight is 413 g/mol. The van der Waals surface area contributed by atoms with Crippen molar-refractivity contribution in [3.05, 3.63) is 105 Å². The Kier molecular flexibility index (Phi) is 5.55. The van der Waals surface area contributed by atoms with Gasteiger partial charge in [0.2, 0.25) is 0 Å². The van der Waals surface area contributed by atoms with Crippen LogP contribution in [0.1, 0.15) is 36.9 Å². The van der Waals surface area contributed by atoms with Crippen LogP contribution >= 0.6 is 11.3 Å². The summed E-state index contributed by atoms with van der Waals surface area (Å²) in [5.74, 6) is -0.505. The molecule has 4 aromatic rings. The van der Waals surface area contributed by atoms with Crippen molar-refractivity contribution in [2.45, 2.75) is 13.8 Å². The van der Waals surface area contributed by atoms with Crippen molar-refractivity contribution in [2.24, 2.45) is 0 Å². The zero-order valence-electron chi connectivity index (χ0n) is 16.7. The number of hydrogen-bond acceptors (Lipinski definition) is 4. The third-order valence-electron chi connectivity index (χ3n) is 4.80. The number of hydrogen-bond donors (Lipinski definition) is 1. The van der Waals surface area contributed by atoms with Crippen LogP contribution in [0.25, 0.3) is 11.3 Å². The normalized spacial score (nSPS) is 10.6. The number of aromatic nitrogens is 1. The van der Waals surface area contributed by atoms with Gasteiger partial charge in [-0.2, -0.15) is 0 Å². The first kappa shape index (κ1) is 19.7. The number of thiazole rings is 1. The fraction of sp³-hybridized carbons (Fsp3) is 0.0800. The number of carbonyl (C=O) groups is 2. The summed E-state index contributed by atoms with van der Waals surface area (Å²) in [6, 6.07) is 21.8. The monoisotopic (exact) mass is 412 g/mol. The molecule has 1 N–H and O–H groups in total. The molecule has 0 unspecified atom stereocenters. The lowest BCUT2D eigenvalue weighted by atomic mass is 9.97. The lowest BCUT2D eigenvalue weighted by Crippen LogP contribution is -2.17. The molecule has 0 bridgehead atoms. The molecule has 0 saturated heterocycles. The van der Waals surface area contributed by atoms with Gasteiger partial charge in [0, 0.05) is 22.1 Å². The maximum Gasteiger partial charge on any atom is 0.256 e. The molecule has 0 aliphatic carbocycles. The van der Waals surface area contributed by atoms with E-state index in [9.17, 15) is 9.59 Å². The number of amides is 1. The molecular formula is C25H20N2O2S. The Labute approximate surface area is 179 Å². The molecule has 0 fully saturated rings. The number of aryl methyl sites for hydroxylation is 2. The Morgan fingerprint density at radius 1 is 0.833 bits per heavy atom. The highest BCUT2D eigenvalue weighted by molar-refractivity contribution is 7.09. The second-order valence-corrected chi connectivity index (χ2v) is 8.05. The van der Waals surface area contributed by atoms with Gasteiger partial charge in [-0.1, -0.05) is 66.2 Å². The van der Waals surface area contributed by atoms with Crippen LogP contribution in [0.3, 0.4) is 0 Å². The van der Waals surface area contributed by atoms with Crippen molar-refractivity contribution in [2.75, 3.05) is 5.32 Å². The minimum Gasteiger partial charge on any atom is -0.321 e. The second-order valence-electron chi connectivity index (χ2n) is 6.99. The van der Waals surface area contributed by atoms with Crippen LogP contribution in [0.15, 0.2) is 78.2 Å². The molecule has 0 aliphatic rings. The molecule has 0 spiro atoms. The van der Waals surface area contributed by atoms with Gasteiger partial charge in [0.25, 0.3) is 5.91 Å². The third kappa shape index (κ3) is 4.07. The Balaban J connectivity index is 1.66. The SMILES string of the molecule is Cc1ccc(C(=O)c2ccccc2C(=O)Nc2ccccc2-c2csc(C)n2)cc1. The van der Waals surface area contributed by atoms with Crippen LogP contribution in [0.4, 0.5) is 5.69 Å². The number of carbonyl (C=O) groups excluding carboxylic acids is 2. The van der Waals surface area contributed by atoms with Gasteiger partial charge in [0.1, 0.15) is 0 Å². The van der Waals surface area contributed by atoms with E-state index in [-0.39, 0.29) is 11.7 Å². The topological polar surface area (TPSA) is 59.1 Å². The third-order valence-corrected chi connectivity index (χ3v) is 5.57. The van der Waals surface area contributed by atoms with Crippen molar-refractivity contribution >= 4 is 28.7 Å². The van der Waals surface area contributed by atoms with Crippen LogP contribution in [-0.4, -0.2) is 16.7 Å². The molecule has 1 heterocycles. The van der Waals surface area contributed by atoms with Crippen molar-refractivity contribution < 1.29 is 9.59 Å². The fourth-order valence-corrected chi connectivity index (χ4v) is 3.84. The van der Waals surface area contributed by atoms with Gasteiger partial charge in [-0.05, 0) is 26.0 Å². The number of benzene rings is 3. The summed E-state index contributed by atoms with van der Waals surface area (Å²) in [6.45, 7) is 3.92. The minimum absolute atomic E-state index is 0.177. The van der Waals surface area contributed by atoms with E-state index >= 15 is 0 Å². The molecule has 30 heavy (non-hydrogen) atoms. The van der Waals surface area contributed by atoms with Crippen molar-refractivity contribution in [1.29, 1.82) is 0 Å². The Bertz CT molecular complexity index is 1230. The molecule has 4 rings (SSSR count). The number of ketones is 1. The summed E-state index contributed by atoms with van der Waals surface area (Å²) in [4.78, 5) is 30.7. The Morgan fingerprint density at radius 3 is 2.20 bits per heavy atom. The van der Waals surface area contributed by atoms with Gasteiger partial charge in [0.15, 0.2) is 5.78 Å². The first-order valence-corrected chi connectivity index (χ1v) is 10.4. The highest BCUT2D eigenvalue weighted by Gasteiger charge is 2.19. The van der Waals surface area contributed by atoms with Gasteiger partial charge >= 0.3 is 0 Å². The van der Waals surface area contributed by atoms with Gasteiger partial charge in [-0.15, -0.1) is 11.3 Å². The number of rotatable bonds is 5. The molecule has 1 aromatic heterocycles. The van der Waals surface area contributed by atoms with Gasteiger partial charge in [-0.3, -0.25) is 9.59 Å². The van der Waals surface area contributed by atoms with Crippen molar-refractivity contribution in [3.63, 3.8) is 0 Å². The van der Waals surface area contributed by atoms with Crippen molar-refractivity contribution in [3.8, 4) is 11.3 Å². The van der Waals surface area contributed by atoms with Gasteiger partial charge in [-0.25, -0.2) is 4.98 Å². The molecule has 0 atom stereocenters. The van der Waals surface area contributed by atoms with E-state index in [0.29, 0.717) is 22.4 Å². The lowest BCUT2D eigenvalue weighted by molar-refractivity contribution is 0.0996. The molecular weight excluding hydrogens is 392 g/mol. The van der Waals surface area contributed by atoms with E-state index in [2.05, 4.69) is 10.3 Å². The van der Waals surface area contributed by atoms with Gasteiger partial charge < -0.3 is 5.32 Å². The van der Waals surface area contributed by atoms with Crippen LogP contribution < -0.4 is 5.32 Å². The van der Waals surface area contributed by atoms with E-state index in [1.807, 2.05) is 55.6 Å². The standard InChI is InChI=1S/C25H20N2O2S/c1-16-11-13-18(14-12-16)24(28)19-7-3-4-8-20(19)25(29)27-22-10-6-5-9-21(22)23-15-30-17(2)26-23/h3-15H,1-2H3,(H,27,29). The van der Waals surface area contributed by atoms with E-state index in [1.54, 1.807) is 47.7 Å². The fourth-order valence-electron chi connectivity index (χ4n) is 3.23. The molecule has 3 aromatic carbocycles. The summed E-state index contributed by atoms with van der Waals surface area (Å²) in [5.41, 5.74) is 4.67. The summed E-state index contributed by atoms with van der Waals surface area (Å²) < 4.78 is 0. The number of para-hydroxylation sites is 1. The second kappa shape index (κ2) is 8.43. The van der Waals surface area contributed by atoms with E-state index in [1.165, 1.54) is 0 Å². The van der Waals surface area contributed by atoms with E-state index in [4.69, 9.17) is 0 Å². The number of anilines is 1. The largest absolute Gasteiger partial charge is 0.321 e.